The van der Waals surface area contributed by atoms with Crippen molar-refractivity contribution < 1.29 is 22.7 Å². The highest BCUT2D eigenvalue weighted by molar-refractivity contribution is 5.62. The van der Waals surface area contributed by atoms with Gasteiger partial charge in [-0.05, 0) is 36.6 Å². The van der Waals surface area contributed by atoms with Gasteiger partial charge >= 0.3 is 6.18 Å². The lowest BCUT2D eigenvalue weighted by molar-refractivity contribution is -0.137. The zero-order valence-electron chi connectivity index (χ0n) is 16.3. The zero-order valence-corrected chi connectivity index (χ0v) is 16.3. The average molecular weight is 409 g/mol. The number of alkyl halides is 3. The fourth-order valence-corrected chi connectivity index (χ4v) is 3.23. The van der Waals surface area contributed by atoms with Gasteiger partial charge in [0.2, 0.25) is 12.4 Å². The van der Waals surface area contributed by atoms with Crippen LogP contribution in [-0.4, -0.2) is 48.0 Å². The number of aromatic nitrogens is 2. The van der Waals surface area contributed by atoms with Crippen molar-refractivity contribution in [3.05, 3.63) is 40.6 Å². The molecule has 1 aliphatic heterocycles. The lowest BCUT2D eigenvalue weighted by Gasteiger charge is -2.31. The molecule has 29 heavy (non-hydrogen) atoms. The van der Waals surface area contributed by atoms with E-state index in [-0.39, 0.29) is 17.9 Å². The van der Waals surface area contributed by atoms with Gasteiger partial charge < -0.3 is 20.3 Å². The van der Waals surface area contributed by atoms with Crippen LogP contribution >= 0.6 is 0 Å². The van der Waals surface area contributed by atoms with E-state index in [1.54, 1.807) is 4.90 Å². The molecule has 1 aromatic heterocycles. The molecule has 7 nitrogen and oxygen atoms in total. The van der Waals surface area contributed by atoms with Gasteiger partial charge in [-0.15, -0.1) is 0 Å². The fourth-order valence-electron chi connectivity index (χ4n) is 3.23. The van der Waals surface area contributed by atoms with E-state index in [9.17, 15) is 18.0 Å². The first kappa shape index (κ1) is 20.8. The summed E-state index contributed by atoms with van der Waals surface area (Å²) >= 11 is 0. The zero-order chi connectivity index (χ0) is 21.2. The number of carbonyl (C=O) groups is 1. The van der Waals surface area contributed by atoms with Gasteiger partial charge in [-0.25, -0.2) is 4.98 Å². The van der Waals surface area contributed by atoms with Crippen LogP contribution in [0.25, 0.3) is 0 Å². The molecule has 2 aromatic rings. The summed E-state index contributed by atoms with van der Waals surface area (Å²) in [7, 11) is 1.37. The smallest absolute Gasteiger partial charge is 0.372 e. The van der Waals surface area contributed by atoms with Gasteiger partial charge in [0.05, 0.1) is 13.2 Å². The van der Waals surface area contributed by atoms with Gasteiger partial charge in [0.1, 0.15) is 17.5 Å². The highest BCUT2D eigenvalue weighted by atomic mass is 19.4. The lowest BCUT2D eigenvalue weighted by atomic mass is 9.98. The third-order valence-electron chi connectivity index (χ3n) is 4.78. The molecule has 0 radical (unpaired) electrons. The van der Waals surface area contributed by atoms with E-state index in [0.29, 0.717) is 25.4 Å². The number of hydrogen-bond acceptors (Lipinski definition) is 6. The van der Waals surface area contributed by atoms with Crippen molar-refractivity contribution in [3.63, 3.8) is 0 Å². The van der Waals surface area contributed by atoms with Crippen molar-refractivity contribution in [2.75, 3.05) is 37.4 Å². The van der Waals surface area contributed by atoms with Crippen molar-refractivity contribution >= 4 is 23.9 Å². The monoisotopic (exact) mass is 409 g/mol. The largest absolute Gasteiger partial charge is 0.421 e. The molecule has 2 N–H and O–H groups in total. The molecule has 2 heterocycles. The second-order valence-corrected chi connectivity index (χ2v) is 6.81. The first-order valence-corrected chi connectivity index (χ1v) is 9.04. The van der Waals surface area contributed by atoms with Gasteiger partial charge in [-0.3, -0.25) is 4.79 Å². The van der Waals surface area contributed by atoms with Crippen LogP contribution in [0.3, 0.4) is 0 Å². The number of halogens is 3. The molecule has 0 saturated carbocycles. The second kappa shape index (κ2) is 8.24. The van der Waals surface area contributed by atoms with Crippen LogP contribution in [0.4, 0.5) is 30.6 Å². The van der Waals surface area contributed by atoms with Crippen LogP contribution in [0.15, 0.2) is 18.3 Å². The number of hydrogen-bond donors (Lipinski definition) is 2. The predicted octanol–water partition coefficient (Wildman–Crippen LogP) is 3.43. The molecule has 1 atom stereocenters. The molecule has 0 aliphatic carbocycles. The van der Waals surface area contributed by atoms with Gasteiger partial charge in [0.15, 0.2) is 0 Å². The topological polar surface area (TPSA) is 79.4 Å². The highest BCUT2D eigenvalue weighted by Gasteiger charge is 2.35. The number of benzene rings is 1. The molecule has 1 aromatic carbocycles. The summed E-state index contributed by atoms with van der Waals surface area (Å²) in [6.07, 6.45) is -3.20. The maximum Gasteiger partial charge on any atom is 0.421 e. The molecular weight excluding hydrogens is 387 g/mol. The molecule has 1 amide bonds. The van der Waals surface area contributed by atoms with E-state index in [2.05, 4.69) is 20.6 Å². The number of amides is 1. The van der Waals surface area contributed by atoms with E-state index in [0.717, 1.165) is 29.3 Å². The maximum atomic E-state index is 13.0. The van der Waals surface area contributed by atoms with Crippen molar-refractivity contribution in [3.8, 4) is 0 Å². The minimum absolute atomic E-state index is 0.0543. The molecule has 10 heteroatoms. The number of ether oxygens (including phenoxy) is 1. The third kappa shape index (κ3) is 4.58. The van der Waals surface area contributed by atoms with Gasteiger partial charge in [0, 0.05) is 25.5 Å². The summed E-state index contributed by atoms with van der Waals surface area (Å²) in [5.41, 5.74) is 2.49. The molecule has 1 aliphatic rings. The highest BCUT2D eigenvalue weighted by Crippen LogP contribution is 2.34. The number of rotatable bonds is 5. The number of nitrogens with zero attached hydrogens (tertiary/aromatic N) is 3. The summed E-state index contributed by atoms with van der Waals surface area (Å²) in [4.78, 5) is 20.5. The third-order valence-corrected chi connectivity index (χ3v) is 4.78. The minimum atomic E-state index is -4.54. The van der Waals surface area contributed by atoms with Gasteiger partial charge in [-0.2, -0.15) is 18.2 Å². The van der Waals surface area contributed by atoms with Gasteiger partial charge in [-0.1, -0.05) is 6.07 Å². The number of nitrogens with one attached hydrogen (secondary N) is 2. The van der Waals surface area contributed by atoms with Crippen molar-refractivity contribution in [2.45, 2.75) is 26.1 Å². The Morgan fingerprint density at radius 1 is 1.28 bits per heavy atom. The molecule has 156 valence electrons. The quantitative estimate of drug-likeness (QED) is 0.737. The molecule has 1 saturated heterocycles. The lowest BCUT2D eigenvalue weighted by Crippen LogP contribution is -2.37. The normalized spacial score (nSPS) is 17.2. The fraction of sp³-hybridized carbons (Fsp3) is 0.421. The molecule has 0 bridgehead atoms. The molecule has 1 unspecified atom stereocenters. The predicted molar refractivity (Wildman–Crippen MR) is 102 cm³/mol. The Morgan fingerprint density at radius 2 is 2.03 bits per heavy atom. The Labute approximate surface area is 166 Å². The molecule has 0 spiro atoms. The SMILES string of the molecule is CNc1nc(Nc2cc(C)c(C3CN(C=O)CCO3)cc2C)ncc1C(F)(F)F. The van der Waals surface area contributed by atoms with Crippen molar-refractivity contribution in [1.29, 1.82) is 0 Å². The summed E-state index contributed by atoms with van der Waals surface area (Å²) in [5, 5.41) is 5.43. The molecule has 3 rings (SSSR count). The van der Waals surface area contributed by atoms with Crippen molar-refractivity contribution in [1.82, 2.24) is 14.9 Å². The summed E-state index contributed by atoms with van der Waals surface area (Å²) < 4.78 is 44.8. The Morgan fingerprint density at radius 3 is 2.69 bits per heavy atom. The van der Waals surface area contributed by atoms with Crippen LogP contribution in [0.1, 0.15) is 28.4 Å². The number of anilines is 3. The van der Waals surface area contributed by atoms with Crippen LogP contribution in [0.5, 0.6) is 0 Å². The summed E-state index contributed by atoms with van der Waals surface area (Å²) in [6, 6.07) is 3.81. The van der Waals surface area contributed by atoms with E-state index in [1.807, 2.05) is 26.0 Å². The van der Waals surface area contributed by atoms with Crippen LogP contribution < -0.4 is 10.6 Å². The first-order valence-electron chi connectivity index (χ1n) is 9.04. The van der Waals surface area contributed by atoms with E-state index < -0.39 is 11.7 Å². The van der Waals surface area contributed by atoms with E-state index in [4.69, 9.17) is 4.74 Å². The van der Waals surface area contributed by atoms with Crippen molar-refractivity contribution in [2.24, 2.45) is 0 Å². The Balaban J connectivity index is 1.85. The van der Waals surface area contributed by atoms with Crippen LogP contribution in [0, 0.1) is 13.8 Å². The standard InChI is InChI=1S/C19H22F3N5O2/c1-11-7-15(12(2)6-13(11)16-9-27(10-28)4-5-29-16)25-18-24-8-14(19(20,21)22)17(23-3)26-18/h6-8,10,16H,4-5,9H2,1-3H3,(H2,23,24,25,26). The maximum absolute atomic E-state index is 13.0. The number of morpholine rings is 1. The number of aryl methyl sites for hydroxylation is 2. The van der Waals surface area contributed by atoms with Gasteiger partial charge in [0.25, 0.3) is 0 Å². The summed E-state index contributed by atoms with van der Waals surface area (Å²) in [6.45, 7) is 5.29. The average Bonchev–Trinajstić information content (AvgIpc) is 2.69. The number of carbonyl (C=O) groups excluding carboxylic acids is 1. The van der Waals surface area contributed by atoms with E-state index >= 15 is 0 Å². The molecular formula is C19H22F3N5O2. The second-order valence-electron chi connectivity index (χ2n) is 6.81. The minimum Gasteiger partial charge on any atom is -0.372 e. The van der Waals surface area contributed by atoms with E-state index in [1.165, 1.54) is 7.05 Å². The van der Waals surface area contributed by atoms with Crippen LogP contribution in [0.2, 0.25) is 0 Å². The Kier molecular flexibility index (Phi) is 5.92. The first-order chi connectivity index (χ1) is 13.7. The Hall–Kier alpha value is -2.88. The Bertz CT molecular complexity index is 904. The van der Waals surface area contributed by atoms with Crippen LogP contribution in [-0.2, 0) is 15.7 Å². The summed E-state index contributed by atoms with van der Waals surface area (Å²) in [5.74, 6) is -0.246. The molecule has 1 fully saturated rings.